The Balaban J connectivity index is 1.74. The van der Waals surface area contributed by atoms with Gasteiger partial charge in [-0.2, -0.15) is 5.10 Å². The van der Waals surface area contributed by atoms with Crippen LogP contribution in [0.1, 0.15) is 25.3 Å². The lowest BCUT2D eigenvalue weighted by Crippen LogP contribution is -2.49. The van der Waals surface area contributed by atoms with Crippen molar-refractivity contribution in [3.8, 4) is 23.7 Å². The van der Waals surface area contributed by atoms with E-state index >= 15 is 0 Å². The molecule has 0 aliphatic heterocycles. The molecule has 1 unspecified atom stereocenters. The highest BCUT2D eigenvalue weighted by molar-refractivity contribution is 7.92. The van der Waals surface area contributed by atoms with Crippen LogP contribution in [0.4, 0.5) is 0 Å². The quantitative estimate of drug-likeness (QED) is 0.353. The molecule has 1 aliphatic rings. The maximum absolute atomic E-state index is 12.1. The largest absolute Gasteiger partial charge is 0.396 e. The third kappa shape index (κ3) is 4.49. The fourth-order valence-corrected chi connectivity index (χ4v) is 3.95. The SMILES string of the molecule is C[C@@](CCn1ncc2cc(C#CC#CC3C[C@@H]3CO)ccc21)(C(=O)NO)S(C)(=O)=O. The van der Waals surface area contributed by atoms with Gasteiger partial charge in [0.15, 0.2) is 14.6 Å². The van der Waals surface area contributed by atoms with Gasteiger partial charge in [0.2, 0.25) is 0 Å². The Morgan fingerprint density at radius 1 is 1.40 bits per heavy atom. The summed E-state index contributed by atoms with van der Waals surface area (Å²) >= 11 is 0. The van der Waals surface area contributed by atoms with Crippen molar-refractivity contribution in [1.29, 1.82) is 0 Å². The van der Waals surface area contributed by atoms with Gasteiger partial charge in [0, 0.05) is 36.3 Å². The monoisotopic (exact) mass is 429 g/mol. The lowest BCUT2D eigenvalue weighted by molar-refractivity contribution is -0.131. The van der Waals surface area contributed by atoms with E-state index in [0.29, 0.717) is 0 Å². The molecule has 158 valence electrons. The van der Waals surface area contributed by atoms with E-state index in [1.54, 1.807) is 10.9 Å². The van der Waals surface area contributed by atoms with Crippen LogP contribution in [-0.2, 0) is 21.2 Å². The lowest BCUT2D eigenvalue weighted by Gasteiger charge is -2.25. The smallest absolute Gasteiger partial charge is 0.264 e. The van der Waals surface area contributed by atoms with Gasteiger partial charge in [-0.05, 0) is 55.7 Å². The minimum absolute atomic E-state index is 0.0534. The van der Waals surface area contributed by atoms with Crippen molar-refractivity contribution in [2.75, 3.05) is 12.9 Å². The Kier molecular flexibility index (Phi) is 6.18. The number of carbonyl (C=O) groups excluding carboxylic acids is 1. The van der Waals surface area contributed by atoms with Crippen LogP contribution in [0.5, 0.6) is 0 Å². The maximum Gasteiger partial charge on any atom is 0.264 e. The van der Waals surface area contributed by atoms with Gasteiger partial charge >= 0.3 is 0 Å². The van der Waals surface area contributed by atoms with Crippen molar-refractivity contribution in [3.63, 3.8) is 0 Å². The Morgan fingerprint density at radius 3 is 2.80 bits per heavy atom. The minimum Gasteiger partial charge on any atom is -0.396 e. The van der Waals surface area contributed by atoms with Crippen molar-refractivity contribution < 1.29 is 23.5 Å². The molecule has 0 bridgehead atoms. The summed E-state index contributed by atoms with van der Waals surface area (Å²) in [6.45, 7) is 1.62. The van der Waals surface area contributed by atoms with Crippen LogP contribution in [0.25, 0.3) is 10.9 Å². The summed E-state index contributed by atoms with van der Waals surface area (Å²) in [5.74, 6) is 11.2. The Morgan fingerprint density at radius 2 is 2.17 bits per heavy atom. The zero-order valence-electron chi connectivity index (χ0n) is 16.7. The van der Waals surface area contributed by atoms with Gasteiger partial charge in [-0.1, -0.05) is 11.8 Å². The number of aliphatic hydroxyl groups excluding tert-OH is 1. The molecule has 0 saturated heterocycles. The van der Waals surface area contributed by atoms with Crippen molar-refractivity contribution >= 4 is 26.6 Å². The van der Waals surface area contributed by atoms with E-state index in [9.17, 15) is 13.2 Å². The number of fused-ring (bicyclic) bond motifs is 1. The summed E-state index contributed by atoms with van der Waals surface area (Å²) < 4.78 is 24.0. The second kappa shape index (κ2) is 8.49. The first-order chi connectivity index (χ1) is 14.2. The standard InChI is InChI=1S/C21H23N3O5S/c1-21(20(26)23-27,30(2,28)29)9-10-24-19-8-7-15(11-17(19)13-22-24)5-3-4-6-16-12-18(16)14-25/h7-8,11,13,16,18,25,27H,9-10,12,14H2,1-2H3,(H,23,26)/t16?,18-,21-/m1/s1. The Hall–Kier alpha value is -2.85. The van der Waals surface area contributed by atoms with Crippen LogP contribution in [0.2, 0.25) is 0 Å². The number of nitrogens with zero attached hydrogens (tertiary/aromatic N) is 2. The number of hydroxylamine groups is 1. The molecule has 1 aromatic carbocycles. The highest BCUT2D eigenvalue weighted by Crippen LogP contribution is 2.36. The van der Waals surface area contributed by atoms with Gasteiger partial charge in [0.05, 0.1) is 11.7 Å². The summed E-state index contributed by atoms with van der Waals surface area (Å²) in [5, 5.41) is 23.0. The summed E-state index contributed by atoms with van der Waals surface area (Å²) in [4.78, 5) is 11.9. The first kappa shape index (κ1) is 21.8. The van der Waals surface area contributed by atoms with Crippen LogP contribution >= 0.6 is 0 Å². The van der Waals surface area contributed by atoms with Gasteiger partial charge in [-0.25, -0.2) is 13.9 Å². The topological polar surface area (TPSA) is 122 Å². The molecule has 0 spiro atoms. The molecular formula is C21H23N3O5S. The maximum atomic E-state index is 12.1. The molecule has 3 rings (SSSR count). The van der Waals surface area contributed by atoms with Crippen molar-refractivity contribution in [2.45, 2.75) is 31.1 Å². The van der Waals surface area contributed by atoms with E-state index in [1.807, 2.05) is 18.2 Å². The van der Waals surface area contributed by atoms with Crippen LogP contribution < -0.4 is 5.48 Å². The molecule has 3 atom stereocenters. The number of carbonyl (C=O) groups is 1. The number of benzene rings is 1. The van der Waals surface area contributed by atoms with E-state index in [4.69, 9.17) is 10.3 Å². The van der Waals surface area contributed by atoms with Crippen molar-refractivity contribution in [1.82, 2.24) is 15.3 Å². The number of nitrogens with one attached hydrogen (secondary N) is 1. The van der Waals surface area contributed by atoms with Gasteiger partial charge < -0.3 is 5.11 Å². The predicted octanol–water partition coefficient (Wildman–Crippen LogP) is 0.718. The molecule has 2 aromatic rings. The van der Waals surface area contributed by atoms with E-state index in [-0.39, 0.29) is 31.4 Å². The van der Waals surface area contributed by atoms with Gasteiger partial charge in [0.1, 0.15) is 0 Å². The Labute approximate surface area is 175 Å². The number of hydrogen-bond acceptors (Lipinski definition) is 6. The summed E-state index contributed by atoms with van der Waals surface area (Å²) in [6.07, 6.45) is 3.48. The molecule has 1 saturated carbocycles. The third-order valence-electron chi connectivity index (χ3n) is 5.53. The average molecular weight is 429 g/mol. The van der Waals surface area contributed by atoms with Gasteiger partial charge in [-0.3, -0.25) is 14.7 Å². The van der Waals surface area contributed by atoms with Crippen LogP contribution in [0, 0.1) is 35.5 Å². The molecule has 3 N–H and O–H groups in total. The fourth-order valence-electron chi connectivity index (χ4n) is 3.11. The van der Waals surface area contributed by atoms with Gasteiger partial charge in [0.25, 0.3) is 5.91 Å². The van der Waals surface area contributed by atoms with E-state index in [0.717, 1.165) is 29.1 Å². The summed E-state index contributed by atoms with van der Waals surface area (Å²) in [5.41, 5.74) is 2.98. The number of hydrogen-bond donors (Lipinski definition) is 3. The summed E-state index contributed by atoms with van der Waals surface area (Å²) in [7, 11) is -3.77. The van der Waals surface area contributed by atoms with Crippen molar-refractivity contribution in [2.24, 2.45) is 11.8 Å². The number of aliphatic hydroxyl groups is 1. The number of amides is 1. The molecule has 1 heterocycles. The minimum atomic E-state index is -3.77. The average Bonchev–Trinajstić information content (AvgIpc) is 3.37. The Bertz CT molecular complexity index is 1200. The molecule has 9 heteroatoms. The van der Waals surface area contributed by atoms with E-state index in [1.165, 1.54) is 12.4 Å². The number of sulfone groups is 1. The third-order valence-corrected chi connectivity index (χ3v) is 7.55. The zero-order chi connectivity index (χ0) is 21.9. The molecule has 0 radical (unpaired) electrons. The normalized spacial score (nSPS) is 19.7. The highest BCUT2D eigenvalue weighted by Gasteiger charge is 2.43. The number of rotatable bonds is 6. The molecule has 8 nitrogen and oxygen atoms in total. The molecular weight excluding hydrogens is 406 g/mol. The number of aryl methyl sites for hydroxylation is 1. The van der Waals surface area contributed by atoms with E-state index < -0.39 is 20.5 Å². The fraction of sp³-hybridized carbons (Fsp3) is 0.429. The molecule has 1 fully saturated rings. The zero-order valence-corrected chi connectivity index (χ0v) is 17.5. The predicted molar refractivity (Wildman–Crippen MR) is 111 cm³/mol. The first-order valence-electron chi connectivity index (χ1n) is 9.41. The lowest BCUT2D eigenvalue weighted by atomic mass is 10.1. The van der Waals surface area contributed by atoms with E-state index in [2.05, 4.69) is 28.8 Å². The molecule has 30 heavy (non-hydrogen) atoms. The molecule has 1 aliphatic carbocycles. The van der Waals surface area contributed by atoms with Crippen molar-refractivity contribution in [3.05, 3.63) is 30.0 Å². The van der Waals surface area contributed by atoms with Gasteiger partial charge in [-0.15, -0.1) is 0 Å². The second-order valence-electron chi connectivity index (χ2n) is 7.64. The van der Waals surface area contributed by atoms with Crippen LogP contribution in [0.3, 0.4) is 0 Å². The van der Waals surface area contributed by atoms with Crippen LogP contribution in [0.15, 0.2) is 24.4 Å². The first-order valence-corrected chi connectivity index (χ1v) is 11.3. The summed E-state index contributed by atoms with van der Waals surface area (Å²) in [6, 6.07) is 5.50. The number of aromatic nitrogens is 2. The van der Waals surface area contributed by atoms with Crippen LogP contribution in [-0.4, -0.2) is 52.0 Å². The molecule has 1 aromatic heterocycles. The molecule has 1 amide bonds. The second-order valence-corrected chi connectivity index (χ2v) is 10.1. The highest BCUT2D eigenvalue weighted by atomic mass is 32.2.